The lowest BCUT2D eigenvalue weighted by molar-refractivity contribution is 0.00578. The van der Waals surface area contributed by atoms with Gasteiger partial charge in [0.2, 0.25) is 0 Å². The third-order valence-electron chi connectivity index (χ3n) is 2.70. The highest BCUT2D eigenvalue weighted by Gasteiger charge is 2.52. The molecule has 0 aromatic carbocycles. The highest BCUT2D eigenvalue weighted by atomic mass is 16.8. The Kier molecular flexibility index (Phi) is 3.26. The normalized spacial score (nSPS) is 24.6. The fourth-order valence-electron chi connectivity index (χ4n) is 1.07. The van der Waals surface area contributed by atoms with Gasteiger partial charge in [-0.05, 0) is 41.8 Å². The van der Waals surface area contributed by atoms with E-state index < -0.39 is 7.32 Å². The molecule has 0 radical (unpaired) electrons. The maximum atomic E-state index is 5.64. The molecule has 5 heteroatoms. The highest BCUT2D eigenvalue weighted by Crippen LogP contribution is 2.36. The van der Waals surface area contributed by atoms with Crippen LogP contribution in [0.3, 0.4) is 0 Å². The fraction of sp³-hybridized carbons (Fsp3) is 1.00. The maximum absolute atomic E-state index is 5.64. The van der Waals surface area contributed by atoms with Crippen LogP contribution in [0.4, 0.5) is 0 Å². The lowest BCUT2D eigenvalue weighted by atomic mass is 9.90. The van der Waals surface area contributed by atoms with Crippen molar-refractivity contribution in [1.29, 1.82) is 0 Å². The molecule has 0 aromatic heterocycles. The summed E-state index contributed by atoms with van der Waals surface area (Å²) in [7, 11) is 3.32. The zero-order chi connectivity index (χ0) is 11.0. The third kappa shape index (κ3) is 2.48. The summed E-state index contributed by atoms with van der Waals surface area (Å²) in [5.41, 5.74) is -0.631. The van der Waals surface area contributed by atoms with Crippen LogP contribution in [0.25, 0.3) is 0 Å². The van der Waals surface area contributed by atoms with Gasteiger partial charge < -0.3 is 14.0 Å². The van der Waals surface area contributed by atoms with Crippen LogP contribution < -0.4 is 0 Å². The first-order chi connectivity index (χ1) is 6.24. The molecule has 0 amide bonds. The van der Waals surface area contributed by atoms with Crippen LogP contribution in [0.15, 0.2) is 0 Å². The molecular weight excluding hydrogens is 181 g/mol. The molecule has 82 valence electrons. The molecule has 0 unspecified atom stereocenters. The predicted octanol–water partition coefficient (Wildman–Crippen LogP) is 1.11. The van der Waals surface area contributed by atoms with Crippen LogP contribution >= 0.6 is 0 Å². The van der Waals surface area contributed by atoms with E-state index in [9.17, 15) is 0 Å². The summed E-state index contributed by atoms with van der Waals surface area (Å²) in [5.74, 6) is 0. The molecule has 0 bridgehead atoms. The SMILES string of the molecule is CN(C)COB1OC(C)(C)C(C)(C)O1. The topological polar surface area (TPSA) is 30.9 Å². The summed E-state index contributed by atoms with van der Waals surface area (Å²) in [6.07, 6.45) is 0. The van der Waals surface area contributed by atoms with Crippen LogP contribution in [-0.4, -0.2) is 44.2 Å². The minimum Gasteiger partial charge on any atom is -0.378 e. The maximum Gasteiger partial charge on any atom is 0.641 e. The Labute approximate surface area is 86.7 Å². The van der Waals surface area contributed by atoms with Crippen molar-refractivity contribution in [3.63, 3.8) is 0 Å². The van der Waals surface area contributed by atoms with E-state index in [-0.39, 0.29) is 11.2 Å². The minimum atomic E-state index is -0.553. The van der Waals surface area contributed by atoms with Crippen molar-refractivity contribution in [2.24, 2.45) is 0 Å². The molecule has 0 N–H and O–H groups in total. The molecular formula is C9H20BNO3. The molecule has 0 aliphatic carbocycles. The summed E-state index contributed by atoms with van der Waals surface area (Å²) in [5, 5.41) is 0. The van der Waals surface area contributed by atoms with E-state index in [1.54, 1.807) is 0 Å². The molecule has 1 fully saturated rings. The van der Waals surface area contributed by atoms with E-state index in [4.69, 9.17) is 14.0 Å². The number of hydrogen-bond acceptors (Lipinski definition) is 4. The molecule has 0 saturated carbocycles. The van der Waals surface area contributed by atoms with Gasteiger partial charge >= 0.3 is 7.32 Å². The summed E-state index contributed by atoms with van der Waals surface area (Å²) in [6.45, 7) is 8.52. The van der Waals surface area contributed by atoms with Crippen LogP contribution in [0, 0.1) is 0 Å². The Morgan fingerprint density at radius 2 is 1.50 bits per heavy atom. The number of rotatable bonds is 3. The molecule has 0 spiro atoms. The predicted molar refractivity (Wildman–Crippen MR) is 55.7 cm³/mol. The van der Waals surface area contributed by atoms with E-state index in [2.05, 4.69) is 0 Å². The Hall–Kier alpha value is -0.0951. The van der Waals surface area contributed by atoms with Gasteiger partial charge in [0.05, 0.1) is 17.9 Å². The summed E-state index contributed by atoms with van der Waals surface area (Å²) < 4.78 is 16.7. The van der Waals surface area contributed by atoms with Crippen LogP contribution in [0.5, 0.6) is 0 Å². The highest BCUT2D eigenvalue weighted by molar-refractivity contribution is 6.37. The monoisotopic (exact) mass is 201 g/mol. The quantitative estimate of drug-likeness (QED) is 0.505. The van der Waals surface area contributed by atoms with Crippen molar-refractivity contribution in [2.45, 2.75) is 38.9 Å². The van der Waals surface area contributed by atoms with Crippen LogP contribution in [0.2, 0.25) is 0 Å². The first-order valence-corrected chi connectivity index (χ1v) is 4.86. The van der Waals surface area contributed by atoms with E-state index in [1.807, 2.05) is 46.7 Å². The summed E-state index contributed by atoms with van der Waals surface area (Å²) in [4.78, 5) is 1.92. The van der Waals surface area contributed by atoms with E-state index >= 15 is 0 Å². The smallest absolute Gasteiger partial charge is 0.378 e. The van der Waals surface area contributed by atoms with Crippen molar-refractivity contribution in [1.82, 2.24) is 4.90 Å². The molecule has 4 nitrogen and oxygen atoms in total. The van der Waals surface area contributed by atoms with Gasteiger partial charge in [-0.15, -0.1) is 0 Å². The van der Waals surface area contributed by atoms with Gasteiger partial charge in [-0.25, -0.2) is 0 Å². The first kappa shape index (κ1) is 12.0. The standard InChI is InChI=1S/C9H20BNO3/c1-8(2)9(3,4)14-10(13-8)12-7-11(5)6/h7H2,1-6H3. The molecule has 0 atom stereocenters. The Morgan fingerprint density at radius 1 is 1.07 bits per heavy atom. The van der Waals surface area contributed by atoms with Gasteiger partial charge in [-0.1, -0.05) is 0 Å². The molecule has 1 aliphatic rings. The summed E-state index contributed by atoms with van der Waals surface area (Å²) in [6, 6.07) is 0. The Morgan fingerprint density at radius 3 is 1.86 bits per heavy atom. The fourth-order valence-corrected chi connectivity index (χ4v) is 1.07. The molecule has 0 aromatic rings. The van der Waals surface area contributed by atoms with E-state index in [1.165, 1.54) is 0 Å². The Bertz CT molecular complexity index is 190. The molecule has 1 aliphatic heterocycles. The van der Waals surface area contributed by atoms with Crippen molar-refractivity contribution in [3.8, 4) is 0 Å². The average Bonchev–Trinajstić information content (AvgIpc) is 2.17. The van der Waals surface area contributed by atoms with Crippen LogP contribution in [0.1, 0.15) is 27.7 Å². The number of hydrogen-bond donors (Lipinski definition) is 0. The Balaban J connectivity index is 2.47. The average molecular weight is 201 g/mol. The second-order valence-corrected chi connectivity index (χ2v) is 4.92. The molecule has 1 saturated heterocycles. The molecule has 14 heavy (non-hydrogen) atoms. The van der Waals surface area contributed by atoms with Crippen molar-refractivity contribution in [3.05, 3.63) is 0 Å². The van der Waals surface area contributed by atoms with Crippen molar-refractivity contribution in [2.75, 3.05) is 20.8 Å². The van der Waals surface area contributed by atoms with Gasteiger partial charge in [-0.2, -0.15) is 0 Å². The van der Waals surface area contributed by atoms with E-state index in [0.717, 1.165) is 0 Å². The lowest BCUT2D eigenvalue weighted by Gasteiger charge is -2.31. The first-order valence-electron chi connectivity index (χ1n) is 4.86. The minimum absolute atomic E-state index is 0.315. The number of nitrogens with zero attached hydrogens (tertiary/aromatic N) is 1. The summed E-state index contributed by atoms with van der Waals surface area (Å²) >= 11 is 0. The van der Waals surface area contributed by atoms with Crippen LogP contribution in [-0.2, 0) is 14.0 Å². The molecule has 1 rings (SSSR count). The third-order valence-corrected chi connectivity index (χ3v) is 2.70. The molecule has 1 heterocycles. The largest absolute Gasteiger partial charge is 0.641 e. The van der Waals surface area contributed by atoms with Gasteiger partial charge in [0, 0.05) is 0 Å². The zero-order valence-electron chi connectivity index (χ0n) is 9.96. The lowest BCUT2D eigenvalue weighted by Crippen LogP contribution is -2.41. The second-order valence-electron chi connectivity index (χ2n) is 4.92. The van der Waals surface area contributed by atoms with E-state index in [0.29, 0.717) is 6.73 Å². The van der Waals surface area contributed by atoms with Crippen molar-refractivity contribution < 1.29 is 14.0 Å². The van der Waals surface area contributed by atoms with Crippen molar-refractivity contribution >= 4 is 7.32 Å². The zero-order valence-corrected chi connectivity index (χ0v) is 9.96. The van der Waals surface area contributed by atoms with Gasteiger partial charge in [0.1, 0.15) is 0 Å². The second kappa shape index (κ2) is 3.81. The van der Waals surface area contributed by atoms with Gasteiger partial charge in [0.15, 0.2) is 0 Å². The van der Waals surface area contributed by atoms with Gasteiger partial charge in [-0.3, -0.25) is 4.90 Å². The van der Waals surface area contributed by atoms with Gasteiger partial charge in [0.25, 0.3) is 0 Å².